The highest BCUT2D eigenvalue weighted by Gasteiger charge is 2.42. The fourth-order valence-electron chi connectivity index (χ4n) is 3.99. The molecule has 0 bridgehead atoms. The molecule has 1 aromatic carbocycles. The summed E-state index contributed by atoms with van der Waals surface area (Å²) in [5.74, 6) is 1.59. The van der Waals surface area contributed by atoms with Gasteiger partial charge in [0.1, 0.15) is 5.75 Å². The van der Waals surface area contributed by atoms with Crippen molar-refractivity contribution in [2.45, 2.75) is 38.3 Å². The van der Waals surface area contributed by atoms with Crippen molar-refractivity contribution in [1.29, 1.82) is 0 Å². The molecule has 1 aliphatic carbocycles. The van der Waals surface area contributed by atoms with Gasteiger partial charge in [-0.3, -0.25) is 9.79 Å². The van der Waals surface area contributed by atoms with Crippen LogP contribution >= 0.6 is 0 Å². The van der Waals surface area contributed by atoms with Gasteiger partial charge in [-0.1, -0.05) is 12.1 Å². The SMILES string of the molecule is CN=C(NCc1cccc(OCC(=O)NC2CC2)c1)N1CCC2(CCOC2)C1. The van der Waals surface area contributed by atoms with Crippen molar-refractivity contribution >= 4 is 11.9 Å². The number of rotatable bonds is 6. The minimum atomic E-state index is -0.0507. The van der Waals surface area contributed by atoms with Crippen LogP contribution in [0.15, 0.2) is 29.3 Å². The molecule has 28 heavy (non-hydrogen) atoms. The molecule has 0 aromatic heterocycles. The molecule has 1 saturated carbocycles. The lowest BCUT2D eigenvalue weighted by Gasteiger charge is -2.25. The summed E-state index contributed by atoms with van der Waals surface area (Å²) in [6.45, 7) is 4.50. The van der Waals surface area contributed by atoms with Gasteiger partial charge in [0.05, 0.1) is 6.61 Å². The van der Waals surface area contributed by atoms with Crippen LogP contribution in [0.2, 0.25) is 0 Å². The third kappa shape index (κ3) is 4.76. The third-order valence-electron chi connectivity index (χ3n) is 5.80. The van der Waals surface area contributed by atoms with Gasteiger partial charge in [0.15, 0.2) is 12.6 Å². The van der Waals surface area contributed by atoms with E-state index >= 15 is 0 Å². The smallest absolute Gasteiger partial charge is 0.258 e. The van der Waals surface area contributed by atoms with E-state index in [2.05, 4.69) is 20.5 Å². The van der Waals surface area contributed by atoms with Crippen molar-refractivity contribution in [3.63, 3.8) is 0 Å². The molecule has 1 amide bonds. The second-order valence-electron chi connectivity index (χ2n) is 8.15. The third-order valence-corrected chi connectivity index (χ3v) is 5.80. The summed E-state index contributed by atoms with van der Waals surface area (Å²) in [5.41, 5.74) is 1.41. The fourth-order valence-corrected chi connectivity index (χ4v) is 3.99. The summed E-state index contributed by atoms with van der Waals surface area (Å²) in [5, 5.41) is 6.39. The van der Waals surface area contributed by atoms with Gasteiger partial charge < -0.3 is 25.0 Å². The Kier molecular flexibility index (Phi) is 5.71. The molecule has 7 heteroatoms. The molecule has 1 atom stereocenters. The van der Waals surface area contributed by atoms with E-state index < -0.39 is 0 Å². The monoisotopic (exact) mass is 386 g/mol. The molecule has 1 aromatic rings. The van der Waals surface area contributed by atoms with E-state index in [4.69, 9.17) is 9.47 Å². The van der Waals surface area contributed by atoms with Gasteiger partial charge in [0.25, 0.3) is 5.91 Å². The van der Waals surface area contributed by atoms with E-state index in [0.717, 1.165) is 57.1 Å². The van der Waals surface area contributed by atoms with Crippen molar-refractivity contribution in [1.82, 2.24) is 15.5 Å². The molecule has 7 nitrogen and oxygen atoms in total. The first-order valence-corrected chi connectivity index (χ1v) is 10.2. The molecule has 2 N–H and O–H groups in total. The number of carbonyl (C=O) groups excluding carboxylic acids is 1. The Morgan fingerprint density at radius 3 is 3.04 bits per heavy atom. The van der Waals surface area contributed by atoms with Crippen LogP contribution < -0.4 is 15.4 Å². The average molecular weight is 386 g/mol. The second kappa shape index (κ2) is 8.39. The zero-order valence-electron chi connectivity index (χ0n) is 16.6. The van der Waals surface area contributed by atoms with E-state index in [1.165, 1.54) is 6.42 Å². The van der Waals surface area contributed by atoms with Crippen molar-refractivity contribution in [2.75, 3.05) is 40.0 Å². The quantitative estimate of drug-likeness (QED) is 0.573. The van der Waals surface area contributed by atoms with Crippen LogP contribution in [0, 0.1) is 5.41 Å². The number of benzene rings is 1. The number of aliphatic imine (C=N–C) groups is 1. The molecule has 0 radical (unpaired) electrons. The van der Waals surface area contributed by atoms with Crippen LogP contribution in [0.25, 0.3) is 0 Å². The lowest BCUT2D eigenvalue weighted by atomic mass is 9.87. The fraction of sp³-hybridized carbons (Fsp3) is 0.619. The van der Waals surface area contributed by atoms with Crippen LogP contribution in [-0.2, 0) is 16.1 Å². The lowest BCUT2D eigenvalue weighted by molar-refractivity contribution is -0.123. The Morgan fingerprint density at radius 2 is 2.29 bits per heavy atom. The average Bonchev–Trinajstić information content (AvgIpc) is 3.24. The van der Waals surface area contributed by atoms with Gasteiger partial charge in [-0.2, -0.15) is 0 Å². The van der Waals surface area contributed by atoms with Crippen LogP contribution in [0.5, 0.6) is 5.75 Å². The van der Waals surface area contributed by atoms with E-state index in [0.29, 0.717) is 23.8 Å². The number of amides is 1. The Morgan fingerprint density at radius 1 is 1.39 bits per heavy atom. The first kappa shape index (κ1) is 19.1. The zero-order chi connectivity index (χ0) is 19.4. The van der Waals surface area contributed by atoms with Crippen molar-refractivity contribution in [2.24, 2.45) is 10.4 Å². The number of hydrogen-bond acceptors (Lipinski definition) is 4. The topological polar surface area (TPSA) is 75.2 Å². The predicted octanol–water partition coefficient (Wildman–Crippen LogP) is 1.53. The molecule has 2 saturated heterocycles. The number of likely N-dealkylation sites (tertiary alicyclic amines) is 1. The highest BCUT2D eigenvalue weighted by molar-refractivity contribution is 5.80. The van der Waals surface area contributed by atoms with E-state index in [9.17, 15) is 4.79 Å². The molecular weight excluding hydrogens is 356 g/mol. The van der Waals surface area contributed by atoms with Crippen molar-refractivity contribution in [3.05, 3.63) is 29.8 Å². The molecule has 2 heterocycles. The summed E-state index contributed by atoms with van der Waals surface area (Å²) in [6, 6.07) is 8.22. The first-order chi connectivity index (χ1) is 13.7. The van der Waals surface area contributed by atoms with Crippen LogP contribution in [-0.4, -0.2) is 62.8 Å². The van der Waals surface area contributed by atoms with E-state index in [-0.39, 0.29) is 12.5 Å². The number of nitrogens with zero attached hydrogens (tertiary/aromatic N) is 2. The summed E-state index contributed by atoms with van der Waals surface area (Å²) in [4.78, 5) is 18.6. The summed E-state index contributed by atoms with van der Waals surface area (Å²) >= 11 is 0. The Bertz CT molecular complexity index is 726. The molecule has 1 spiro atoms. The Balaban J connectivity index is 1.27. The summed E-state index contributed by atoms with van der Waals surface area (Å²) < 4.78 is 11.3. The molecule has 4 rings (SSSR count). The normalized spacial score (nSPS) is 24.6. The number of ether oxygens (including phenoxy) is 2. The highest BCUT2D eigenvalue weighted by atomic mass is 16.5. The maximum Gasteiger partial charge on any atom is 0.258 e. The van der Waals surface area contributed by atoms with Gasteiger partial charge in [-0.15, -0.1) is 0 Å². The number of nitrogens with one attached hydrogen (secondary N) is 2. The predicted molar refractivity (Wildman–Crippen MR) is 107 cm³/mol. The standard InChI is InChI=1S/C21H30N4O3/c1-22-20(25-9-7-21(14-25)8-10-27-15-21)23-12-16-3-2-4-18(11-16)28-13-19(26)24-17-5-6-17/h2-4,11,17H,5-10,12-15H2,1H3,(H,22,23)(H,24,26). The van der Waals surface area contributed by atoms with Gasteiger partial charge in [0.2, 0.25) is 0 Å². The van der Waals surface area contributed by atoms with Crippen LogP contribution in [0.1, 0.15) is 31.2 Å². The van der Waals surface area contributed by atoms with Crippen LogP contribution in [0.3, 0.4) is 0 Å². The summed E-state index contributed by atoms with van der Waals surface area (Å²) in [7, 11) is 1.83. The largest absolute Gasteiger partial charge is 0.484 e. The number of carbonyl (C=O) groups is 1. The molecule has 152 valence electrons. The van der Waals surface area contributed by atoms with Crippen molar-refractivity contribution in [3.8, 4) is 5.75 Å². The molecule has 2 aliphatic heterocycles. The Labute approximate surface area is 166 Å². The Hall–Kier alpha value is -2.28. The molecule has 3 fully saturated rings. The number of hydrogen-bond donors (Lipinski definition) is 2. The number of guanidine groups is 1. The molecule has 1 unspecified atom stereocenters. The van der Waals surface area contributed by atoms with Crippen molar-refractivity contribution < 1.29 is 14.3 Å². The highest BCUT2D eigenvalue weighted by Crippen LogP contribution is 2.38. The summed E-state index contributed by atoms with van der Waals surface area (Å²) in [6.07, 6.45) is 4.48. The molecule has 3 aliphatic rings. The van der Waals surface area contributed by atoms with Gasteiger partial charge in [0, 0.05) is 44.7 Å². The maximum absolute atomic E-state index is 11.8. The van der Waals surface area contributed by atoms with Crippen LogP contribution in [0.4, 0.5) is 0 Å². The first-order valence-electron chi connectivity index (χ1n) is 10.2. The van der Waals surface area contributed by atoms with E-state index in [1.807, 2.05) is 31.3 Å². The zero-order valence-corrected chi connectivity index (χ0v) is 16.6. The molecular formula is C21H30N4O3. The minimum absolute atomic E-state index is 0.0507. The maximum atomic E-state index is 11.8. The van der Waals surface area contributed by atoms with Gasteiger partial charge in [-0.05, 0) is 43.4 Å². The van der Waals surface area contributed by atoms with Gasteiger partial charge in [-0.25, -0.2) is 0 Å². The second-order valence-corrected chi connectivity index (χ2v) is 8.15. The lowest BCUT2D eigenvalue weighted by Crippen LogP contribution is -2.41. The van der Waals surface area contributed by atoms with E-state index in [1.54, 1.807) is 0 Å². The van der Waals surface area contributed by atoms with Gasteiger partial charge >= 0.3 is 0 Å². The minimum Gasteiger partial charge on any atom is -0.484 e.